The van der Waals surface area contributed by atoms with Gasteiger partial charge in [-0.1, -0.05) is 13.8 Å². The van der Waals surface area contributed by atoms with Crippen molar-refractivity contribution in [2.24, 2.45) is 5.92 Å². The van der Waals surface area contributed by atoms with Crippen LogP contribution in [0, 0.1) is 5.92 Å². The highest BCUT2D eigenvalue weighted by Crippen LogP contribution is 2.14. The number of rotatable bonds is 5. The van der Waals surface area contributed by atoms with Crippen LogP contribution in [0.15, 0.2) is 41.5 Å². The normalized spacial score (nSPS) is 12.2. The number of carbonyl (C=O) groups excluding carboxylic acids is 1. The lowest BCUT2D eigenvalue weighted by Gasteiger charge is -2.15. The maximum Gasteiger partial charge on any atom is 0.267 e. The van der Waals surface area contributed by atoms with E-state index in [1.807, 2.05) is 19.9 Å². The van der Waals surface area contributed by atoms with Crippen molar-refractivity contribution in [1.29, 1.82) is 0 Å². The fourth-order valence-corrected chi connectivity index (χ4v) is 1.93. The lowest BCUT2D eigenvalue weighted by Crippen LogP contribution is -2.38. The molecule has 0 saturated carbocycles. The van der Waals surface area contributed by atoms with E-state index < -0.39 is 6.04 Å². The molecule has 2 aromatic heterocycles. The van der Waals surface area contributed by atoms with Gasteiger partial charge in [0.2, 0.25) is 5.91 Å². The molecule has 1 amide bonds. The number of nitrogens with one attached hydrogen (secondary N) is 1. The van der Waals surface area contributed by atoms with E-state index in [2.05, 4.69) is 15.4 Å². The molecular formula is C16H20N4O2. The van der Waals surface area contributed by atoms with Crippen molar-refractivity contribution in [2.75, 3.05) is 6.54 Å². The Labute approximate surface area is 129 Å². The number of nitrogens with zero attached hydrogens (tertiary/aromatic N) is 3. The Morgan fingerprint density at radius 2 is 2.05 bits per heavy atom. The SMILES string of the molecule is CC(C)CNC(=O)C(C)n1nc(-c2cccnc2)ccc1=O. The van der Waals surface area contributed by atoms with Gasteiger partial charge in [-0.15, -0.1) is 0 Å². The molecule has 6 heteroatoms. The zero-order valence-electron chi connectivity index (χ0n) is 13.0. The Morgan fingerprint density at radius 3 is 2.68 bits per heavy atom. The monoisotopic (exact) mass is 300 g/mol. The highest BCUT2D eigenvalue weighted by atomic mass is 16.2. The Hall–Kier alpha value is -2.50. The van der Waals surface area contributed by atoms with Crippen molar-refractivity contribution in [1.82, 2.24) is 20.1 Å². The van der Waals surface area contributed by atoms with Gasteiger partial charge in [-0.25, -0.2) is 4.68 Å². The zero-order valence-corrected chi connectivity index (χ0v) is 13.0. The number of hydrogen-bond donors (Lipinski definition) is 1. The first-order valence-corrected chi connectivity index (χ1v) is 7.27. The summed E-state index contributed by atoms with van der Waals surface area (Å²) in [6.07, 6.45) is 3.34. The molecule has 116 valence electrons. The molecule has 0 aliphatic rings. The third-order valence-electron chi connectivity index (χ3n) is 3.21. The highest BCUT2D eigenvalue weighted by Gasteiger charge is 2.18. The van der Waals surface area contributed by atoms with Crippen molar-refractivity contribution in [2.45, 2.75) is 26.8 Å². The summed E-state index contributed by atoms with van der Waals surface area (Å²) in [5.41, 5.74) is 1.10. The Balaban J connectivity index is 2.27. The zero-order chi connectivity index (χ0) is 16.1. The summed E-state index contributed by atoms with van der Waals surface area (Å²) in [6.45, 7) is 6.26. The molecule has 0 aliphatic heterocycles. The summed E-state index contributed by atoms with van der Waals surface area (Å²) in [5, 5.41) is 7.11. The van der Waals surface area contributed by atoms with E-state index in [0.717, 1.165) is 5.56 Å². The molecule has 1 unspecified atom stereocenters. The van der Waals surface area contributed by atoms with Crippen LogP contribution in [0.25, 0.3) is 11.3 Å². The standard InChI is InChI=1S/C16H20N4O2/c1-11(2)9-18-16(22)12(3)20-15(21)7-6-14(19-20)13-5-4-8-17-10-13/h4-8,10-12H,9H2,1-3H3,(H,18,22). The number of hydrogen-bond acceptors (Lipinski definition) is 4. The first kappa shape index (κ1) is 15.9. The van der Waals surface area contributed by atoms with Crippen molar-refractivity contribution < 1.29 is 4.79 Å². The predicted octanol–water partition coefficient (Wildman–Crippen LogP) is 1.64. The summed E-state index contributed by atoms with van der Waals surface area (Å²) >= 11 is 0. The largest absolute Gasteiger partial charge is 0.354 e. The van der Waals surface area contributed by atoms with Crippen molar-refractivity contribution in [3.8, 4) is 11.3 Å². The fourth-order valence-electron chi connectivity index (χ4n) is 1.93. The summed E-state index contributed by atoms with van der Waals surface area (Å²) in [5.74, 6) is 0.134. The maximum absolute atomic E-state index is 12.1. The number of pyridine rings is 1. The average molecular weight is 300 g/mol. The van der Waals surface area contributed by atoms with Gasteiger partial charge in [-0.2, -0.15) is 5.10 Å². The van der Waals surface area contributed by atoms with Gasteiger partial charge in [-0.05, 0) is 31.0 Å². The van der Waals surface area contributed by atoms with Gasteiger partial charge in [-0.3, -0.25) is 14.6 Å². The van der Waals surface area contributed by atoms with E-state index in [1.165, 1.54) is 10.7 Å². The molecule has 0 aliphatic carbocycles. The molecule has 0 spiro atoms. The van der Waals surface area contributed by atoms with Crippen LogP contribution in [0.5, 0.6) is 0 Å². The van der Waals surface area contributed by atoms with E-state index in [0.29, 0.717) is 18.2 Å². The minimum atomic E-state index is -0.664. The lowest BCUT2D eigenvalue weighted by atomic mass is 10.2. The van der Waals surface area contributed by atoms with Crippen LogP contribution >= 0.6 is 0 Å². The van der Waals surface area contributed by atoms with Gasteiger partial charge in [0.15, 0.2) is 0 Å². The van der Waals surface area contributed by atoms with Crippen LogP contribution in [-0.4, -0.2) is 27.2 Å². The van der Waals surface area contributed by atoms with E-state index in [-0.39, 0.29) is 11.5 Å². The van der Waals surface area contributed by atoms with E-state index in [9.17, 15) is 9.59 Å². The molecule has 2 aromatic rings. The number of carbonyl (C=O) groups is 1. The van der Waals surface area contributed by atoms with Crippen molar-refractivity contribution in [3.05, 3.63) is 47.0 Å². The molecule has 2 heterocycles. The highest BCUT2D eigenvalue weighted by molar-refractivity contribution is 5.79. The van der Waals surface area contributed by atoms with Gasteiger partial charge in [0.25, 0.3) is 5.56 Å². The van der Waals surface area contributed by atoms with Crippen molar-refractivity contribution in [3.63, 3.8) is 0 Å². The van der Waals surface area contributed by atoms with Gasteiger partial charge in [0, 0.05) is 30.6 Å². The first-order chi connectivity index (χ1) is 10.5. The molecule has 0 bridgehead atoms. The summed E-state index contributed by atoms with van der Waals surface area (Å²) < 4.78 is 1.21. The predicted molar refractivity (Wildman–Crippen MR) is 84.3 cm³/mol. The van der Waals surface area contributed by atoms with E-state index in [1.54, 1.807) is 31.5 Å². The molecule has 0 aromatic carbocycles. The maximum atomic E-state index is 12.1. The van der Waals surface area contributed by atoms with Crippen molar-refractivity contribution >= 4 is 5.91 Å². The molecule has 1 N–H and O–H groups in total. The Bertz CT molecular complexity index is 695. The molecule has 0 radical (unpaired) electrons. The van der Waals surface area contributed by atoms with Crippen LogP contribution in [0.4, 0.5) is 0 Å². The average Bonchev–Trinajstić information content (AvgIpc) is 2.53. The minimum absolute atomic E-state index is 0.216. The van der Waals surface area contributed by atoms with E-state index in [4.69, 9.17) is 0 Å². The van der Waals surface area contributed by atoms with Crippen LogP contribution in [0.3, 0.4) is 0 Å². The first-order valence-electron chi connectivity index (χ1n) is 7.27. The lowest BCUT2D eigenvalue weighted by molar-refractivity contribution is -0.124. The van der Waals surface area contributed by atoms with Gasteiger partial charge in [0.05, 0.1) is 5.69 Å². The summed E-state index contributed by atoms with van der Waals surface area (Å²) in [4.78, 5) is 28.2. The van der Waals surface area contributed by atoms with Crippen LogP contribution in [-0.2, 0) is 4.79 Å². The smallest absolute Gasteiger partial charge is 0.267 e. The molecular weight excluding hydrogens is 280 g/mol. The fraction of sp³-hybridized carbons (Fsp3) is 0.375. The second-order valence-electron chi connectivity index (χ2n) is 5.56. The second kappa shape index (κ2) is 6.98. The minimum Gasteiger partial charge on any atom is -0.354 e. The van der Waals surface area contributed by atoms with Gasteiger partial charge >= 0.3 is 0 Å². The second-order valence-corrected chi connectivity index (χ2v) is 5.56. The molecule has 2 rings (SSSR count). The summed E-state index contributed by atoms with van der Waals surface area (Å²) in [7, 11) is 0. The van der Waals surface area contributed by atoms with Gasteiger partial charge in [0.1, 0.15) is 6.04 Å². The van der Waals surface area contributed by atoms with E-state index >= 15 is 0 Å². The third kappa shape index (κ3) is 3.78. The van der Waals surface area contributed by atoms with Crippen LogP contribution in [0.1, 0.15) is 26.8 Å². The Kier molecular flexibility index (Phi) is 5.04. The van der Waals surface area contributed by atoms with Gasteiger partial charge < -0.3 is 5.32 Å². The number of amides is 1. The molecule has 0 fully saturated rings. The van der Waals surface area contributed by atoms with Crippen LogP contribution in [0.2, 0.25) is 0 Å². The van der Waals surface area contributed by atoms with Crippen LogP contribution < -0.4 is 10.9 Å². The quantitative estimate of drug-likeness (QED) is 0.910. The summed E-state index contributed by atoms with van der Waals surface area (Å²) in [6, 6.07) is 6.04. The Morgan fingerprint density at radius 1 is 1.27 bits per heavy atom. The molecule has 6 nitrogen and oxygen atoms in total. The topological polar surface area (TPSA) is 76.9 Å². The molecule has 22 heavy (non-hydrogen) atoms. The molecule has 0 saturated heterocycles. The third-order valence-corrected chi connectivity index (χ3v) is 3.21. The molecule has 1 atom stereocenters. The number of aromatic nitrogens is 3.